The number of ether oxygens (including phenoxy) is 1. The van der Waals surface area contributed by atoms with Gasteiger partial charge in [0.25, 0.3) is 0 Å². The lowest BCUT2D eigenvalue weighted by molar-refractivity contribution is 0.436. The molecule has 0 radical (unpaired) electrons. The Morgan fingerprint density at radius 2 is 0.982 bits per heavy atom. The summed E-state index contributed by atoms with van der Waals surface area (Å²) in [7, 11) is 0. The molecule has 10 aromatic rings. The maximum Gasteiger partial charge on any atom is 0.160 e. The average molecular weight is 713 g/mol. The van der Waals surface area contributed by atoms with Crippen molar-refractivity contribution in [2.24, 2.45) is 0 Å². The zero-order valence-corrected chi connectivity index (χ0v) is 30.3. The number of aromatic nitrogens is 2. The highest BCUT2D eigenvalue weighted by Crippen LogP contribution is 2.62. The Kier molecular flexibility index (Phi) is 6.55. The van der Waals surface area contributed by atoms with Gasteiger partial charge in [-0.15, -0.1) is 0 Å². The number of benzene rings is 9. The second kappa shape index (κ2) is 11.8. The van der Waals surface area contributed by atoms with Crippen LogP contribution >= 0.6 is 0 Å². The summed E-state index contributed by atoms with van der Waals surface area (Å²) in [5.41, 5.74) is 11.5. The summed E-state index contributed by atoms with van der Waals surface area (Å²) in [6.45, 7) is 0. The smallest absolute Gasteiger partial charge is 0.160 e. The molecule has 2 heterocycles. The van der Waals surface area contributed by atoms with E-state index in [1.54, 1.807) is 0 Å². The van der Waals surface area contributed by atoms with E-state index in [0.29, 0.717) is 5.82 Å². The first-order chi connectivity index (χ1) is 27.8. The first-order valence-corrected chi connectivity index (χ1v) is 19.2. The molecule has 1 aromatic heterocycles. The van der Waals surface area contributed by atoms with Crippen LogP contribution in [0.15, 0.2) is 194 Å². The summed E-state index contributed by atoms with van der Waals surface area (Å²) in [6.07, 6.45) is 0. The number of fused-ring (bicyclic) bond motifs is 13. The van der Waals surface area contributed by atoms with Gasteiger partial charge in [0.05, 0.1) is 16.8 Å². The van der Waals surface area contributed by atoms with Crippen LogP contribution in [0.3, 0.4) is 0 Å². The van der Waals surface area contributed by atoms with Crippen LogP contribution in [0.5, 0.6) is 11.5 Å². The van der Waals surface area contributed by atoms with Crippen LogP contribution in [0.4, 0.5) is 0 Å². The van der Waals surface area contributed by atoms with Gasteiger partial charge >= 0.3 is 0 Å². The van der Waals surface area contributed by atoms with Crippen molar-refractivity contribution in [2.75, 3.05) is 0 Å². The topological polar surface area (TPSA) is 35.0 Å². The molecule has 1 spiro atoms. The molecule has 0 atom stereocenters. The summed E-state index contributed by atoms with van der Waals surface area (Å²) in [5.74, 6) is 2.42. The third-order valence-corrected chi connectivity index (χ3v) is 11.9. The first-order valence-electron chi connectivity index (χ1n) is 19.2. The zero-order chi connectivity index (χ0) is 36.8. The lowest BCUT2D eigenvalue weighted by atomic mass is 9.66. The zero-order valence-electron chi connectivity index (χ0n) is 30.3. The standard InChI is InChI=1S/C53H32N2O/c1-2-15-34(16-3-1)52-54-47(32-48(55-52)51-38-19-7-5-17-35(38)30-42-37-18-6-4-14-33(37)26-28-41(42)51)36-27-29-50-46(31-36)53(45-24-12-13-25-49(45)56-50)43-22-10-8-20-39(43)40-21-9-11-23-44(40)53/h1-32H. The van der Waals surface area contributed by atoms with Crippen molar-refractivity contribution in [3.05, 3.63) is 216 Å². The molecule has 2 aliphatic rings. The van der Waals surface area contributed by atoms with Crippen LogP contribution in [0.1, 0.15) is 22.3 Å². The molecule has 9 aromatic carbocycles. The number of nitrogens with zero attached hydrogens (tertiary/aromatic N) is 2. The van der Waals surface area contributed by atoms with Gasteiger partial charge < -0.3 is 4.74 Å². The van der Waals surface area contributed by atoms with Crippen LogP contribution in [0.2, 0.25) is 0 Å². The third kappa shape index (κ3) is 4.34. The van der Waals surface area contributed by atoms with Crippen molar-refractivity contribution in [1.82, 2.24) is 9.97 Å². The highest BCUT2D eigenvalue weighted by Gasteiger charge is 2.51. The summed E-state index contributed by atoms with van der Waals surface area (Å²) >= 11 is 0. The van der Waals surface area contributed by atoms with E-state index in [0.717, 1.165) is 56.1 Å². The minimum absolute atomic E-state index is 0.571. The average Bonchev–Trinajstić information content (AvgIpc) is 3.56. The van der Waals surface area contributed by atoms with Gasteiger partial charge in [-0.3, -0.25) is 0 Å². The Bertz CT molecular complexity index is 3190. The number of hydrogen-bond donors (Lipinski definition) is 0. The molecular weight excluding hydrogens is 681 g/mol. The van der Waals surface area contributed by atoms with Crippen molar-refractivity contribution in [3.8, 4) is 56.5 Å². The molecule has 0 fully saturated rings. The first kappa shape index (κ1) is 31.0. The van der Waals surface area contributed by atoms with Crippen molar-refractivity contribution >= 4 is 32.3 Å². The Balaban J connectivity index is 1.15. The van der Waals surface area contributed by atoms with Gasteiger partial charge in [-0.1, -0.05) is 158 Å². The molecule has 0 amide bonds. The fourth-order valence-electron chi connectivity index (χ4n) is 9.55. The minimum Gasteiger partial charge on any atom is -0.457 e. The highest BCUT2D eigenvalue weighted by molar-refractivity contribution is 6.19. The van der Waals surface area contributed by atoms with E-state index >= 15 is 0 Å². The largest absolute Gasteiger partial charge is 0.457 e. The number of para-hydroxylation sites is 1. The quantitative estimate of drug-likeness (QED) is 0.135. The predicted molar refractivity (Wildman–Crippen MR) is 228 cm³/mol. The van der Waals surface area contributed by atoms with Crippen molar-refractivity contribution < 1.29 is 4.74 Å². The molecule has 0 bridgehead atoms. The molecule has 260 valence electrons. The monoisotopic (exact) mass is 712 g/mol. The van der Waals surface area contributed by atoms with E-state index in [-0.39, 0.29) is 0 Å². The minimum atomic E-state index is -0.571. The Morgan fingerprint density at radius 1 is 0.357 bits per heavy atom. The van der Waals surface area contributed by atoms with E-state index < -0.39 is 5.41 Å². The van der Waals surface area contributed by atoms with Gasteiger partial charge in [-0.05, 0) is 91.0 Å². The van der Waals surface area contributed by atoms with Gasteiger partial charge in [-0.25, -0.2) is 9.97 Å². The van der Waals surface area contributed by atoms with Gasteiger partial charge in [-0.2, -0.15) is 0 Å². The summed E-state index contributed by atoms with van der Waals surface area (Å²) in [4.78, 5) is 10.7. The molecule has 0 saturated carbocycles. The van der Waals surface area contributed by atoms with E-state index in [9.17, 15) is 0 Å². The fraction of sp³-hybridized carbons (Fsp3) is 0.0189. The van der Waals surface area contributed by atoms with Gasteiger partial charge in [0.1, 0.15) is 11.5 Å². The Hall–Kier alpha value is -7.36. The van der Waals surface area contributed by atoms with E-state index in [1.165, 1.54) is 49.2 Å². The maximum absolute atomic E-state index is 6.77. The molecule has 0 unspecified atom stereocenters. The van der Waals surface area contributed by atoms with Crippen LogP contribution in [0.25, 0.3) is 77.3 Å². The highest BCUT2D eigenvalue weighted by atomic mass is 16.5. The lowest BCUT2D eigenvalue weighted by Crippen LogP contribution is -2.32. The molecule has 12 rings (SSSR count). The van der Waals surface area contributed by atoms with E-state index in [2.05, 4.69) is 188 Å². The molecule has 3 nitrogen and oxygen atoms in total. The van der Waals surface area contributed by atoms with Gasteiger partial charge in [0.15, 0.2) is 5.82 Å². The van der Waals surface area contributed by atoms with E-state index in [4.69, 9.17) is 14.7 Å². The Labute approximate surface area is 324 Å². The molecule has 1 aliphatic heterocycles. The van der Waals surface area contributed by atoms with Gasteiger partial charge in [0, 0.05) is 27.8 Å². The molecule has 3 heteroatoms. The number of rotatable bonds is 3. The molecule has 56 heavy (non-hydrogen) atoms. The molecule has 0 saturated heterocycles. The Morgan fingerprint density at radius 3 is 1.79 bits per heavy atom. The third-order valence-electron chi connectivity index (χ3n) is 11.9. The van der Waals surface area contributed by atoms with Crippen LogP contribution in [-0.4, -0.2) is 9.97 Å². The van der Waals surface area contributed by atoms with Crippen LogP contribution in [-0.2, 0) is 5.41 Å². The maximum atomic E-state index is 6.77. The molecule has 0 N–H and O–H groups in total. The fourth-order valence-corrected chi connectivity index (χ4v) is 9.55. The van der Waals surface area contributed by atoms with Gasteiger partial charge in [0.2, 0.25) is 0 Å². The van der Waals surface area contributed by atoms with Crippen molar-refractivity contribution in [1.29, 1.82) is 0 Å². The summed E-state index contributed by atoms with van der Waals surface area (Å²) in [5, 5.41) is 7.16. The van der Waals surface area contributed by atoms with E-state index in [1.807, 2.05) is 6.07 Å². The van der Waals surface area contributed by atoms with Crippen molar-refractivity contribution in [3.63, 3.8) is 0 Å². The van der Waals surface area contributed by atoms with Crippen molar-refractivity contribution in [2.45, 2.75) is 5.41 Å². The lowest BCUT2D eigenvalue weighted by Gasteiger charge is -2.39. The predicted octanol–water partition coefficient (Wildman–Crippen LogP) is 13.4. The molecule has 1 aliphatic carbocycles. The second-order valence-electron chi connectivity index (χ2n) is 14.8. The van der Waals surface area contributed by atoms with Crippen LogP contribution < -0.4 is 4.74 Å². The van der Waals surface area contributed by atoms with Crippen LogP contribution in [0, 0.1) is 0 Å². The second-order valence-corrected chi connectivity index (χ2v) is 14.8. The summed E-state index contributed by atoms with van der Waals surface area (Å²) < 4.78 is 6.77. The summed E-state index contributed by atoms with van der Waals surface area (Å²) in [6, 6.07) is 69.5. The molecular formula is C53H32N2O. The number of hydrogen-bond acceptors (Lipinski definition) is 3. The normalized spacial score (nSPS) is 13.3. The SMILES string of the molecule is c1ccc(-c2nc(-c3ccc4c(c3)C3(c5ccccc5O4)c4ccccc4-c4ccccc43)cc(-c3c4ccccc4cc4c3ccc3ccccc34)n2)cc1.